The molecule has 2 aromatic rings. The molecule has 2 aromatic carbocycles. The second kappa shape index (κ2) is 6.72. The first-order chi connectivity index (χ1) is 11.8. The summed E-state index contributed by atoms with van der Waals surface area (Å²) in [6.45, 7) is 11.1. The van der Waals surface area contributed by atoms with Gasteiger partial charge in [-0.05, 0) is 44.0 Å². The maximum Gasteiger partial charge on any atom is 0.0915 e. The summed E-state index contributed by atoms with van der Waals surface area (Å²) < 4.78 is 6.03. The van der Waals surface area contributed by atoms with E-state index in [0.717, 1.165) is 5.69 Å². The van der Waals surface area contributed by atoms with Crippen LogP contribution in [-0.4, -0.2) is 13.2 Å². The number of hydrogen-bond donors (Lipinski definition) is 2. The number of aryl methyl sites for hydroxylation is 1. The average molecular weight is 338 g/mol. The van der Waals surface area contributed by atoms with E-state index in [-0.39, 0.29) is 17.6 Å². The zero-order valence-electron chi connectivity index (χ0n) is 16.2. The Labute approximate surface area is 151 Å². The summed E-state index contributed by atoms with van der Waals surface area (Å²) in [6, 6.07) is 15.7. The maximum absolute atomic E-state index is 6.03. The van der Waals surface area contributed by atoms with E-state index in [1.165, 1.54) is 22.4 Å². The molecule has 3 nitrogen and oxygen atoms in total. The minimum absolute atomic E-state index is 0.0292. The van der Waals surface area contributed by atoms with Crippen molar-refractivity contribution in [3.05, 3.63) is 59.2 Å². The summed E-state index contributed by atoms with van der Waals surface area (Å²) in [7, 11) is 1.82. The third-order valence-electron chi connectivity index (χ3n) is 5.18. The molecule has 0 radical (unpaired) electrons. The number of anilines is 2. The van der Waals surface area contributed by atoms with Gasteiger partial charge in [0.05, 0.1) is 12.1 Å². The molecule has 0 bridgehead atoms. The number of fused-ring (bicyclic) bond motifs is 1. The van der Waals surface area contributed by atoms with Gasteiger partial charge in [-0.2, -0.15) is 0 Å². The molecule has 3 rings (SSSR count). The number of rotatable bonds is 4. The molecule has 2 N–H and O–H groups in total. The Morgan fingerprint density at radius 2 is 1.80 bits per heavy atom. The molecule has 25 heavy (non-hydrogen) atoms. The molecular formula is C22H30N2O. The molecule has 1 aliphatic rings. The lowest BCUT2D eigenvalue weighted by atomic mass is 9.70. The lowest BCUT2D eigenvalue weighted by Gasteiger charge is -2.47. The third kappa shape index (κ3) is 3.25. The normalized spacial score (nSPS) is 21.6. The van der Waals surface area contributed by atoms with E-state index in [4.69, 9.17) is 4.74 Å². The van der Waals surface area contributed by atoms with Gasteiger partial charge in [-0.15, -0.1) is 0 Å². The van der Waals surface area contributed by atoms with Crippen LogP contribution in [0.25, 0.3) is 0 Å². The highest BCUT2D eigenvalue weighted by molar-refractivity contribution is 5.68. The third-order valence-corrected chi connectivity index (χ3v) is 5.18. The standard InChI is InChI=1S/C22H30N2O/c1-14(2)23-17-12-15(3)19-18(13-17)21(25-6)22(4,5)20(24-19)16-10-8-7-9-11-16/h7-14,20-21,23-24H,1-6H3. The van der Waals surface area contributed by atoms with Crippen LogP contribution in [0.2, 0.25) is 0 Å². The number of methoxy groups -OCH3 is 1. The van der Waals surface area contributed by atoms with Crippen LogP contribution in [0.1, 0.15) is 56.5 Å². The van der Waals surface area contributed by atoms with Gasteiger partial charge in [0.15, 0.2) is 0 Å². The van der Waals surface area contributed by atoms with E-state index in [1.807, 2.05) is 7.11 Å². The highest BCUT2D eigenvalue weighted by Crippen LogP contribution is 2.54. The van der Waals surface area contributed by atoms with Crippen LogP contribution in [0.5, 0.6) is 0 Å². The summed E-state index contributed by atoms with van der Waals surface area (Å²) in [5, 5.41) is 7.34. The van der Waals surface area contributed by atoms with Crippen molar-refractivity contribution in [1.29, 1.82) is 0 Å². The van der Waals surface area contributed by atoms with Crippen molar-refractivity contribution >= 4 is 11.4 Å². The summed E-state index contributed by atoms with van der Waals surface area (Å²) in [5.41, 5.74) is 6.07. The predicted molar refractivity (Wildman–Crippen MR) is 106 cm³/mol. The van der Waals surface area contributed by atoms with Crippen molar-refractivity contribution in [3.63, 3.8) is 0 Å². The topological polar surface area (TPSA) is 33.3 Å². The molecular weight excluding hydrogens is 308 g/mol. The molecule has 2 unspecified atom stereocenters. The Hall–Kier alpha value is -2.00. The lowest BCUT2D eigenvalue weighted by Crippen LogP contribution is -2.39. The molecule has 1 aliphatic heterocycles. The molecule has 0 saturated carbocycles. The van der Waals surface area contributed by atoms with Gasteiger partial charge < -0.3 is 15.4 Å². The largest absolute Gasteiger partial charge is 0.383 e. The molecule has 0 saturated heterocycles. The predicted octanol–water partition coefficient (Wildman–Crippen LogP) is 5.70. The van der Waals surface area contributed by atoms with Gasteiger partial charge in [0.2, 0.25) is 0 Å². The molecule has 0 fully saturated rings. The van der Waals surface area contributed by atoms with Crippen molar-refractivity contribution in [2.45, 2.75) is 52.8 Å². The maximum atomic E-state index is 6.03. The average Bonchev–Trinajstić information content (AvgIpc) is 2.54. The van der Waals surface area contributed by atoms with Crippen LogP contribution >= 0.6 is 0 Å². The summed E-state index contributed by atoms with van der Waals surface area (Å²) >= 11 is 0. The second-order valence-corrected chi connectivity index (χ2v) is 7.98. The van der Waals surface area contributed by atoms with Crippen LogP contribution in [0.3, 0.4) is 0 Å². The molecule has 2 atom stereocenters. The quantitative estimate of drug-likeness (QED) is 0.750. The fourth-order valence-corrected chi connectivity index (χ4v) is 4.11. The van der Waals surface area contributed by atoms with Gasteiger partial charge in [0, 0.05) is 35.5 Å². The van der Waals surface area contributed by atoms with Gasteiger partial charge in [-0.25, -0.2) is 0 Å². The smallest absolute Gasteiger partial charge is 0.0915 e. The van der Waals surface area contributed by atoms with E-state index >= 15 is 0 Å². The SMILES string of the molecule is COC1c2cc(NC(C)C)cc(C)c2NC(c2ccccc2)C1(C)C. The van der Waals surface area contributed by atoms with E-state index in [2.05, 4.69) is 87.7 Å². The summed E-state index contributed by atoms with van der Waals surface area (Å²) in [6.07, 6.45) is 0.0292. The van der Waals surface area contributed by atoms with Gasteiger partial charge >= 0.3 is 0 Å². The first-order valence-corrected chi connectivity index (χ1v) is 9.10. The van der Waals surface area contributed by atoms with E-state index < -0.39 is 0 Å². The van der Waals surface area contributed by atoms with Crippen LogP contribution in [-0.2, 0) is 4.74 Å². The first-order valence-electron chi connectivity index (χ1n) is 9.10. The Morgan fingerprint density at radius 3 is 2.40 bits per heavy atom. The zero-order valence-corrected chi connectivity index (χ0v) is 16.2. The number of hydrogen-bond acceptors (Lipinski definition) is 3. The molecule has 0 aromatic heterocycles. The van der Waals surface area contributed by atoms with E-state index in [1.54, 1.807) is 0 Å². The Balaban J connectivity index is 2.11. The van der Waals surface area contributed by atoms with E-state index in [0.29, 0.717) is 6.04 Å². The highest BCUT2D eigenvalue weighted by Gasteiger charge is 2.44. The lowest BCUT2D eigenvalue weighted by molar-refractivity contribution is -0.0108. The Bertz CT molecular complexity index is 737. The van der Waals surface area contributed by atoms with Crippen LogP contribution in [0.15, 0.2) is 42.5 Å². The first kappa shape index (κ1) is 17.8. The summed E-state index contributed by atoms with van der Waals surface area (Å²) in [4.78, 5) is 0. The minimum atomic E-state index is -0.0774. The summed E-state index contributed by atoms with van der Waals surface area (Å²) in [5.74, 6) is 0. The molecule has 0 spiro atoms. The second-order valence-electron chi connectivity index (χ2n) is 7.98. The molecule has 0 amide bonds. The fraction of sp³-hybridized carbons (Fsp3) is 0.455. The fourth-order valence-electron chi connectivity index (χ4n) is 4.11. The number of benzene rings is 2. The van der Waals surface area contributed by atoms with Crippen molar-refractivity contribution in [2.75, 3.05) is 17.7 Å². The Kier molecular flexibility index (Phi) is 4.79. The van der Waals surface area contributed by atoms with Gasteiger partial charge in [0.25, 0.3) is 0 Å². The van der Waals surface area contributed by atoms with Crippen LogP contribution in [0.4, 0.5) is 11.4 Å². The Morgan fingerprint density at radius 1 is 1.12 bits per heavy atom. The van der Waals surface area contributed by atoms with Gasteiger partial charge in [0.1, 0.15) is 0 Å². The van der Waals surface area contributed by atoms with Crippen LogP contribution < -0.4 is 10.6 Å². The van der Waals surface area contributed by atoms with E-state index in [9.17, 15) is 0 Å². The van der Waals surface area contributed by atoms with Gasteiger partial charge in [-0.3, -0.25) is 0 Å². The van der Waals surface area contributed by atoms with Crippen molar-refractivity contribution in [1.82, 2.24) is 0 Å². The van der Waals surface area contributed by atoms with Gasteiger partial charge in [-0.1, -0.05) is 44.2 Å². The molecule has 3 heteroatoms. The molecule has 1 heterocycles. The number of ether oxygens (including phenoxy) is 1. The monoisotopic (exact) mass is 338 g/mol. The number of nitrogens with one attached hydrogen (secondary N) is 2. The minimum Gasteiger partial charge on any atom is -0.383 e. The van der Waals surface area contributed by atoms with Crippen molar-refractivity contribution < 1.29 is 4.74 Å². The molecule has 134 valence electrons. The van der Waals surface area contributed by atoms with Crippen molar-refractivity contribution in [2.24, 2.45) is 5.41 Å². The molecule has 0 aliphatic carbocycles. The highest BCUT2D eigenvalue weighted by atomic mass is 16.5. The zero-order chi connectivity index (χ0) is 18.2. The van der Waals surface area contributed by atoms with Crippen molar-refractivity contribution in [3.8, 4) is 0 Å². The van der Waals surface area contributed by atoms with Crippen LogP contribution in [0, 0.1) is 12.3 Å².